The lowest BCUT2D eigenvalue weighted by Gasteiger charge is -2.33. The Morgan fingerprint density at radius 1 is 1.06 bits per heavy atom. The molecule has 1 amide bonds. The SMILES string of the molecule is CCC(=O)c1cnc(CC[C@H](O)[C@@H](NC(=O)OC(C)(C)C)C(Cc2ccccc2)c2ccccc2)s1. The monoisotopic (exact) mass is 508 g/mol. The van der Waals surface area contributed by atoms with Gasteiger partial charge in [0.25, 0.3) is 0 Å². The first-order valence-corrected chi connectivity index (χ1v) is 13.2. The summed E-state index contributed by atoms with van der Waals surface area (Å²) >= 11 is 1.36. The predicted octanol–water partition coefficient (Wildman–Crippen LogP) is 5.95. The molecule has 3 atom stereocenters. The molecular formula is C29H36N2O4S. The largest absolute Gasteiger partial charge is 0.444 e. The van der Waals surface area contributed by atoms with Crippen LogP contribution < -0.4 is 5.32 Å². The first-order valence-electron chi connectivity index (χ1n) is 12.4. The van der Waals surface area contributed by atoms with Crippen molar-refractivity contribution in [2.24, 2.45) is 0 Å². The molecule has 3 aromatic rings. The normalized spacial score (nSPS) is 14.0. The van der Waals surface area contributed by atoms with Gasteiger partial charge in [-0.1, -0.05) is 67.6 Å². The van der Waals surface area contributed by atoms with Crippen molar-refractivity contribution in [3.8, 4) is 0 Å². The van der Waals surface area contributed by atoms with Crippen LogP contribution in [0.5, 0.6) is 0 Å². The molecule has 0 fully saturated rings. The lowest BCUT2D eigenvalue weighted by atomic mass is 9.82. The van der Waals surface area contributed by atoms with Gasteiger partial charge in [-0.2, -0.15) is 0 Å². The molecule has 1 unspecified atom stereocenters. The number of ether oxygens (including phenoxy) is 1. The number of aliphatic hydroxyl groups excluding tert-OH is 1. The molecule has 7 heteroatoms. The number of carbonyl (C=O) groups is 2. The zero-order valence-electron chi connectivity index (χ0n) is 21.4. The molecule has 192 valence electrons. The van der Waals surface area contributed by atoms with Gasteiger partial charge in [-0.15, -0.1) is 11.3 Å². The number of carbonyl (C=O) groups excluding carboxylic acids is 2. The number of aliphatic hydroxyl groups is 1. The summed E-state index contributed by atoms with van der Waals surface area (Å²) < 4.78 is 5.55. The zero-order valence-corrected chi connectivity index (χ0v) is 22.3. The maximum Gasteiger partial charge on any atom is 0.407 e. The van der Waals surface area contributed by atoms with Gasteiger partial charge in [0.05, 0.1) is 22.0 Å². The average Bonchev–Trinajstić information content (AvgIpc) is 3.33. The first kappa shape index (κ1) is 27.6. The fraction of sp³-hybridized carbons (Fsp3) is 0.414. The summed E-state index contributed by atoms with van der Waals surface area (Å²) in [5.41, 5.74) is 1.47. The number of ketones is 1. The summed E-state index contributed by atoms with van der Waals surface area (Å²) in [5.74, 6) is -0.125. The predicted molar refractivity (Wildman–Crippen MR) is 144 cm³/mol. The van der Waals surface area contributed by atoms with E-state index in [9.17, 15) is 14.7 Å². The number of Topliss-reactive ketones (excluding diaryl/α,β-unsaturated/α-hetero) is 1. The third-order valence-corrected chi connectivity index (χ3v) is 6.96. The van der Waals surface area contributed by atoms with Crippen molar-refractivity contribution < 1.29 is 19.4 Å². The second kappa shape index (κ2) is 12.8. The molecule has 0 radical (unpaired) electrons. The van der Waals surface area contributed by atoms with Crippen LogP contribution in [0, 0.1) is 0 Å². The molecule has 36 heavy (non-hydrogen) atoms. The summed E-state index contributed by atoms with van der Waals surface area (Å²) in [4.78, 5) is 29.9. The topological polar surface area (TPSA) is 88.5 Å². The minimum absolute atomic E-state index is 0.0655. The van der Waals surface area contributed by atoms with Crippen molar-refractivity contribution in [2.45, 2.75) is 77.0 Å². The van der Waals surface area contributed by atoms with Crippen molar-refractivity contribution in [2.75, 3.05) is 0 Å². The third-order valence-electron chi connectivity index (χ3n) is 5.86. The van der Waals surface area contributed by atoms with Crippen LogP contribution in [0.15, 0.2) is 66.9 Å². The number of thiazole rings is 1. The number of benzene rings is 2. The van der Waals surface area contributed by atoms with Crippen LogP contribution in [0.2, 0.25) is 0 Å². The molecule has 0 bridgehead atoms. The highest BCUT2D eigenvalue weighted by Gasteiger charge is 2.33. The average molecular weight is 509 g/mol. The highest BCUT2D eigenvalue weighted by atomic mass is 32.1. The number of nitrogens with zero attached hydrogens (tertiary/aromatic N) is 1. The Morgan fingerprint density at radius 3 is 2.31 bits per heavy atom. The molecule has 2 aromatic carbocycles. The number of nitrogens with one attached hydrogen (secondary N) is 1. The van der Waals surface area contributed by atoms with Gasteiger partial charge in [0.15, 0.2) is 5.78 Å². The Labute approximate surface area is 217 Å². The van der Waals surface area contributed by atoms with E-state index in [-0.39, 0.29) is 11.7 Å². The molecule has 0 saturated carbocycles. The maximum absolute atomic E-state index is 12.9. The number of alkyl carbamates (subject to hydrolysis) is 1. The second-order valence-electron chi connectivity index (χ2n) is 9.88. The summed E-state index contributed by atoms with van der Waals surface area (Å²) in [6.45, 7) is 7.27. The maximum atomic E-state index is 12.9. The van der Waals surface area contributed by atoms with E-state index in [1.165, 1.54) is 11.3 Å². The van der Waals surface area contributed by atoms with E-state index >= 15 is 0 Å². The quantitative estimate of drug-likeness (QED) is 0.313. The van der Waals surface area contributed by atoms with Gasteiger partial charge in [0.2, 0.25) is 0 Å². The van der Waals surface area contributed by atoms with Gasteiger partial charge in [-0.25, -0.2) is 9.78 Å². The van der Waals surface area contributed by atoms with E-state index in [0.717, 1.165) is 16.1 Å². The Morgan fingerprint density at radius 2 is 1.69 bits per heavy atom. The smallest absolute Gasteiger partial charge is 0.407 e. The van der Waals surface area contributed by atoms with E-state index in [1.807, 2.05) is 76.2 Å². The number of hydrogen-bond donors (Lipinski definition) is 2. The number of rotatable bonds is 11. The van der Waals surface area contributed by atoms with Crippen LogP contribution >= 0.6 is 11.3 Å². The highest BCUT2D eigenvalue weighted by Crippen LogP contribution is 2.29. The van der Waals surface area contributed by atoms with Gasteiger partial charge < -0.3 is 15.2 Å². The van der Waals surface area contributed by atoms with E-state index in [1.54, 1.807) is 6.20 Å². The Bertz CT molecular complexity index is 1110. The number of hydrogen-bond acceptors (Lipinski definition) is 6. The molecule has 0 spiro atoms. The van der Waals surface area contributed by atoms with Crippen LogP contribution in [0.4, 0.5) is 4.79 Å². The molecule has 2 N–H and O–H groups in total. The molecule has 1 aromatic heterocycles. The summed E-state index contributed by atoms with van der Waals surface area (Å²) in [6.07, 6.45) is 2.13. The third kappa shape index (κ3) is 8.28. The van der Waals surface area contributed by atoms with E-state index < -0.39 is 23.8 Å². The van der Waals surface area contributed by atoms with Crippen LogP contribution in [0.1, 0.15) is 72.3 Å². The minimum atomic E-state index is -0.860. The Balaban J connectivity index is 1.87. The van der Waals surface area contributed by atoms with Gasteiger partial charge >= 0.3 is 6.09 Å². The molecule has 0 aliphatic heterocycles. The first-order chi connectivity index (χ1) is 17.2. The van der Waals surface area contributed by atoms with Gasteiger partial charge in [0, 0.05) is 25.0 Å². The lowest BCUT2D eigenvalue weighted by molar-refractivity contribution is 0.0384. The zero-order chi connectivity index (χ0) is 26.1. The standard InChI is InChI=1S/C29H36N2O4S/c1-5-23(32)25-19-30-26(36-25)17-16-24(33)27(31-28(34)35-29(2,3)4)22(21-14-10-7-11-15-21)18-20-12-8-6-9-13-20/h6-15,19,22,24,27,33H,5,16-18H2,1-4H3,(H,31,34)/t22?,24-,27-/m0/s1. The van der Waals surface area contributed by atoms with Gasteiger partial charge in [-0.3, -0.25) is 4.79 Å². The molecule has 0 aliphatic carbocycles. The number of aryl methyl sites for hydroxylation is 1. The van der Waals surface area contributed by atoms with Crippen molar-refractivity contribution >= 4 is 23.2 Å². The van der Waals surface area contributed by atoms with E-state index in [4.69, 9.17) is 4.74 Å². The molecule has 0 aliphatic rings. The lowest BCUT2D eigenvalue weighted by Crippen LogP contribution is -2.49. The molecule has 1 heterocycles. The number of amides is 1. The van der Waals surface area contributed by atoms with Crippen LogP contribution in [-0.4, -0.2) is 39.7 Å². The van der Waals surface area contributed by atoms with Crippen LogP contribution in [-0.2, 0) is 17.6 Å². The highest BCUT2D eigenvalue weighted by molar-refractivity contribution is 7.13. The Hall–Kier alpha value is -3.03. The molecule has 6 nitrogen and oxygen atoms in total. The van der Waals surface area contributed by atoms with E-state index in [0.29, 0.717) is 30.6 Å². The van der Waals surface area contributed by atoms with Crippen LogP contribution in [0.3, 0.4) is 0 Å². The molecule has 3 rings (SSSR count). The van der Waals surface area contributed by atoms with Crippen molar-refractivity contribution in [1.82, 2.24) is 10.3 Å². The van der Waals surface area contributed by atoms with Crippen molar-refractivity contribution in [3.63, 3.8) is 0 Å². The summed E-state index contributed by atoms with van der Waals surface area (Å²) in [5, 5.41) is 15.2. The molecule has 0 saturated heterocycles. The second-order valence-corrected chi connectivity index (χ2v) is 11.0. The fourth-order valence-electron chi connectivity index (χ4n) is 4.11. The summed E-state index contributed by atoms with van der Waals surface area (Å²) in [6, 6.07) is 19.4. The van der Waals surface area contributed by atoms with Crippen LogP contribution in [0.25, 0.3) is 0 Å². The Kier molecular flexibility index (Phi) is 9.79. The van der Waals surface area contributed by atoms with E-state index in [2.05, 4.69) is 22.4 Å². The summed E-state index contributed by atoms with van der Waals surface area (Å²) in [7, 11) is 0. The van der Waals surface area contributed by atoms with Gasteiger partial charge in [-0.05, 0) is 44.7 Å². The van der Waals surface area contributed by atoms with Crippen molar-refractivity contribution in [1.29, 1.82) is 0 Å². The van der Waals surface area contributed by atoms with Gasteiger partial charge in [0.1, 0.15) is 5.60 Å². The molecular weight excluding hydrogens is 472 g/mol. The van der Waals surface area contributed by atoms with Crippen molar-refractivity contribution in [3.05, 3.63) is 87.9 Å². The number of aromatic nitrogens is 1. The minimum Gasteiger partial charge on any atom is -0.444 e. The fourth-order valence-corrected chi connectivity index (χ4v) is 5.05.